The SMILES string of the molecule is COC(=O)C(C(=O)C(=O)Nc1ccc(C)cc1C)c1csc(-n2nc(-c3ccccc3)cc2-c2ccccc2)n1. The van der Waals surface area contributed by atoms with Crippen LogP contribution < -0.4 is 5.32 Å². The van der Waals surface area contributed by atoms with Crippen LogP contribution in [0.25, 0.3) is 27.6 Å². The summed E-state index contributed by atoms with van der Waals surface area (Å²) in [7, 11) is 1.17. The number of nitrogens with zero attached hydrogens (tertiary/aromatic N) is 3. The van der Waals surface area contributed by atoms with E-state index in [1.165, 1.54) is 18.4 Å². The third-order valence-corrected chi connectivity index (χ3v) is 7.22. The Balaban J connectivity index is 1.50. The summed E-state index contributed by atoms with van der Waals surface area (Å²) in [5, 5.41) is 9.44. The largest absolute Gasteiger partial charge is 0.468 e. The van der Waals surface area contributed by atoms with Crippen LogP contribution in [0.4, 0.5) is 5.69 Å². The quantitative estimate of drug-likeness (QED) is 0.150. The van der Waals surface area contributed by atoms with Gasteiger partial charge in [-0.2, -0.15) is 5.10 Å². The molecule has 200 valence electrons. The summed E-state index contributed by atoms with van der Waals surface area (Å²) in [4.78, 5) is 43.6. The van der Waals surface area contributed by atoms with Crippen LogP contribution in [0.2, 0.25) is 0 Å². The highest BCUT2D eigenvalue weighted by atomic mass is 32.1. The lowest BCUT2D eigenvalue weighted by atomic mass is 10.00. The molecule has 0 fully saturated rings. The summed E-state index contributed by atoms with van der Waals surface area (Å²) in [6, 6.07) is 26.9. The summed E-state index contributed by atoms with van der Waals surface area (Å²) >= 11 is 1.21. The van der Waals surface area contributed by atoms with Gasteiger partial charge < -0.3 is 10.1 Å². The second-order valence-electron chi connectivity index (χ2n) is 9.21. The summed E-state index contributed by atoms with van der Waals surface area (Å²) in [6.45, 7) is 3.76. The maximum absolute atomic E-state index is 13.3. The number of anilines is 1. The number of benzene rings is 3. The molecule has 3 aromatic carbocycles. The second kappa shape index (κ2) is 11.5. The van der Waals surface area contributed by atoms with Crippen LogP contribution in [0.5, 0.6) is 0 Å². The number of ether oxygens (including phenoxy) is 1. The summed E-state index contributed by atoms with van der Waals surface area (Å²) < 4.78 is 6.58. The van der Waals surface area contributed by atoms with Gasteiger partial charge in [-0.15, -0.1) is 11.3 Å². The average molecular weight is 551 g/mol. The van der Waals surface area contributed by atoms with Crippen LogP contribution in [0.3, 0.4) is 0 Å². The van der Waals surface area contributed by atoms with Crippen molar-refractivity contribution in [1.29, 1.82) is 0 Å². The lowest BCUT2D eigenvalue weighted by Crippen LogP contribution is -2.33. The minimum atomic E-state index is -1.52. The lowest BCUT2D eigenvalue weighted by Gasteiger charge is -2.13. The number of Topliss-reactive ketones (excluding diaryl/α,β-unsaturated/α-hetero) is 1. The highest BCUT2D eigenvalue weighted by Gasteiger charge is 2.36. The monoisotopic (exact) mass is 550 g/mol. The van der Waals surface area contributed by atoms with Crippen LogP contribution in [-0.4, -0.2) is 39.5 Å². The molecule has 0 bridgehead atoms. The predicted octanol–water partition coefficient (Wildman–Crippen LogP) is 5.74. The van der Waals surface area contributed by atoms with Crippen molar-refractivity contribution >= 4 is 34.7 Å². The zero-order valence-electron chi connectivity index (χ0n) is 22.1. The number of nitrogens with one attached hydrogen (secondary N) is 1. The average Bonchev–Trinajstić information content (AvgIpc) is 3.63. The van der Waals surface area contributed by atoms with E-state index in [2.05, 4.69) is 10.3 Å². The number of rotatable bonds is 8. The Hall–Kier alpha value is -4.89. The van der Waals surface area contributed by atoms with E-state index >= 15 is 0 Å². The smallest absolute Gasteiger partial charge is 0.323 e. The van der Waals surface area contributed by atoms with E-state index in [9.17, 15) is 14.4 Å². The number of thiazole rings is 1. The molecule has 40 heavy (non-hydrogen) atoms. The number of esters is 1. The molecule has 8 nitrogen and oxygen atoms in total. The summed E-state index contributed by atoms with van der Waals surface area (Å²) in [5.41, 5.74) is 5.80. The minimum absolute atomic E-state index is 0.114. The van der Waals surface area contributed by atoms with E-state index in [4.69, 9.17) is 9.84 Å². The fraction of sp³-hybridized carbons (Fsp3) is 0.129. The van der Waals surface area contributed by atoms with Gasteiger partial charge in [0.1, 0.15) is 0 Å². The Bertz CT molecular complexity index is 1690. The summed E-state index contributed by atoms with van der Waals surface area (Å²) in [5.74, 6) is -4.28. The van der Waals surface area contributed by atoms with Crippen molar-refractivity contribution < 1.29 is 19.1 Å². The first-order chi connectivity index (χ1) is 19.4. The molecule has 5 aromatic rings. The zero-order valence-corrected chi connectivity index (χ0v) is 22.9. The number of aromatic nitrogens is 3. The first kappa shape index (κ1) is 26.7. The molecule has 0 saturated carbocycles. The molecule has 0 aliphatic carbocycles. The Kier molecular flexibility index (Phi) is 7.65. The normalized spacial score (nSPS) is 11.6. The van der Waals surface area contributed by atoms with Crippen molar-refractivity contribution in [2.45, 2.75) is 19.8 Å². The van der Waals surface area contributed by atoms with E-state index in [-0.39, 0.29) is 5.69 Å². The van der Waals surface area contributed by atoms with Crippen LogP contribution in [0.1, 0.15) is 22.7 Å². The Morgan fingerprint density at radius 2 is 1.57 bits per heavy atom. The topological polar surface area (TPSA) is 103 Å². The molecule has 9 heteroatoms. The van der Waals surface area contributed by atoms with Gasteiger partial charge in [-0.3, -0.25) is 14.4 Å². The van der Waals surface area contributed by atoms with Crippen LogP contribution >= 0.6 is 11.3 Å². The fourth-order valence-electron chi connectivity index (χ4n) is 4.35. The number of methoxy groups -OCH3 is 1. The number of ketones is 1. The molecule has 0 aliphatic rings. The van der Waals surface area contributed by atoms with E-state index in [0.717, 1.165) is 33.6 Å². The third kappa shape index (κ3) is 5.45. The Morgan fingerprint density at radius 1 is 0.900 bits per heavy atom. The van der Waals surface area contributed by atoms with Gasteiger partial charge in [-0.1, -0.05) is 78.4 Å². The van der Waals surface area contributed by atoms with Crippen molar-refractivity contribution in [3.05, 3.63) is 107 Å². The van der Waals surface area contributed by atoms with E-state index < -0.39 is 23.6 Å². The minimum Gasteiger partial charge on any atom is -0.468 e. The molecule has 2 aromatic heterocycles. The molecular formula is C31H26N4O4S. The van der Waals surface area contributed by atoms with Gasteiger partial charge in [-0.05, 0) is 31.5 Å². The van der Waals surface area contributed by atoms with E-state index in [0.29, 0.717) is 10.8 Å². The summed E-state index contributed by atoms with van der Waals surface area (Å²) in [6.07, 6.45) is 0. The van der Waals surface area contributed by atoms with Gasteiger partial charge >= 0.3 is 5.97 Å². The van der Waals surface area contributed by atoms with E-state index in [1.807, 2.05) is 92.7 Å². The lowest BCUT2D eigenvalue weighted by molar-refractivity contribution is -0.148. The molecule has 2 heterocycles. The van der Waals surface area contributed by atoms with Gasteiger partial charge in [0.15, 0.2) is 5.92 Å². The maximum atomic E-state index is 13.3. The van der Waals surface area contributed by atoms with Crippen molar-refractivity contribution in [3.63, 3.8) is 0 Å². The zero-order chi connectivity index (χ0) is 28.2. The molecule has 1 atom stereocenters. The highest BCUT2D eigenvalue weighted by molar-refractivity contribution is 7.12. The van der Waals surface area contributed by atoms with Crippen molar-refractivity contribution in [2.24, 2.45) is 0 Å². The molecule has 0 spiro atoms. The van der Waals surface area contributed by atoms with Crippen LogP contribution in [-0.2, 0) is 19.1 Å². The standard InChI is InChI=1S/C31H26N4O4S/c1-19-14-15-23(20(2)16-19)32-29(37)28(36)27(30(38)39-3)25-18-40-31(33-25)35-26(22-12-8-5-9-13-22)17-24(34-35)21-10-6-4-7-11-21/h4-18,27H,1-3H3,(H,32,37). The van der Waals surface area contributed by atoms with Crippen molar-refractivity contribution in [1.82, 2.24) is 14.8 Å². The van der Waals surface area contributed by atoms with Gasteiger partial charge in [-0.25, -0.2) is 9.67 Å². The predicted molar refractivity (Wildman–Crippen MR) is 154 cm³/mol. The van der Waals surface area contributed by atoms with Gasteiger partial charge in [0, 0.05) is 22.2 Å². The molecule has 0 saturated heterocycles. The second-order valence-corrected chi connectivity index (χ2v) is 10.0. The van der Waals surface area contributed by atoms with Crippen molar-refractivity contribution in [3.8, 4) is 27.6 Å². The molecular weight excluding hydrogens is 524 g/mol. The first-order valence-corrected chi connectivity index (χ1v) is 13.4. The Morgan fingerprint density at radius 3 is 2.23 bits per heavy atom. The van der Waals surface area contributed by atoms with E-state index in [1.54, 1.807) is 16.1 Å². The van der Waals surface area contributed by atoms with Gasteiger partial charge in [0.05, 0.1) is 24.2 Å². The number of aryl methyl sites for hydroxylation is 2. The highest BCUT2D eigenvalue weighted by Crippen LogP contribution is 2.31. The fourth-order valence-corrected chi connectivity index (χ4v) is 5.16. The Labute approximate surface area is 235 Å². The van der Waals surface area contributed by atoms with Gasteiger partial charge in [0.2, 0.25) is 10.9 Å². The maximum Gasteiger partial charge on any atom is 0.323 e. The number of hydrogen-bond donors (Lipinski definition) is 1. The molecule has 1 unspecified atom stereocenters. The first-order valence-electron chi connectivity index (χ1n) is 12.5. The third-order valence-electron chi connectivity index (χ3n) is 6.39. The molecule has 5 rings (SSSR count). The van der Waals surface area contributed by atoms with Crippen LogP contribution in [0.15, 0.2) is 90.3 Å². The number of carbonyl (C=O) groups excluding carboxylic acids is 3. The number of carbonyl (C=O) groups is 3. The van der Waals surface area contributed by atoms with Gasteiger partial charge in [0.25, 0.3) is 5.91 Å². The molecule has 1 N–H and O–H groups in total. The van der Waals surface area contributed by atoms with Crippen molar-refractivity contribution in [2.75, 3.05) is 12.4 Å². The van der Waals surface area contributed by atoms with Crippen LogP contribution in [0, 0.1) is 13.8 Å². The number of amides is 1. The molecule has 0 aliphatic heterocycles. The molecule has 0 radical (unpaired) electrons. The molecule has 1 amide bonds. The number of hydrogen-bond acceptors (Lipinski definition) is 7.